The maximum absolute atomic E-state index is 5.20. The quantitative estimate of drug-likeness (QED) is 0.790. The molecule has 0 amide bonds. The molecule has 0 aliphatic rings. The average molecular weight is 239 g/mol. The third kappa shape index (κ3) is 4.90. The highest BCUT2D eigenvalue weighted by atomic mass is 32.2. The van der Waals surface area contributed by atoms with Crippen molar-refractivity contribution < 1.29 is 4.74 Å². The van der Waals surface area contributed by atoms with Crippen molar-refractivity contribution in [1.82, 2.24) is 5.32 Å². The summed E-state index contributed by atoms with van der Waals surface area (Å²) in [6.07, 6.45) is 3.36. The largest absolute Gasteiger partial charge is 0.497 e. The van der Waals surface area contributed by atoms with E-state index in [9.17, 15) is 0 Å². The summed E-state index contributed by atoms with van der Waals surface area (Å²) in [6, 6.07) is 8.77. The number of hydrogen-bond donors (Lipinski definition) is 1. The predicted molar refractivity (Wildman–Crippen MR) is 72.3 cm³/mol. The molecule has 0 fully saturated rings. The zero-order valence-corrected chi connectivity index (χ0v) is 11.1. The van der Waals surface area contributed by atoms with Crippen molar-refractivity contribution in [1.29, 1.82) is 0 Å². The maximum atomic E-state index is 5.20. The van der Waals surface area contributed by atoms with Crippen molar-refractivity contribution in [2.75, 3.05) is 19.1 Å². The Hall–Kier alpha value is -0.670. The Morgan fingerprint density at radius 3 is 2.94 bits per heavy atom. The predicted octanol–water partition coefficient (Wildman–Crippen LogP) is 2.93. The first-order valence-electron chi connectivity index (χ1n) is 5.61. The van der Waals surface area contributed by atoms with Gasteiger partial charge in [-0.1, -0.05) is 12.1 Å². The topological polar surface area (TPSA) is 21.3 Å². The fraction of sp³-hybridized carbons (Fsp3) is 0.538. The molecule has 1 aromatic rings. The molecule has 0 saturated carbocycles. The van der Waals surface area contributed by atoms with Gasteiger partial charge in [0.2, 0.25) is 0 Å². The van der Waals surface area contributed by atoms with E-state index in [1.54, 1.807) is 7.11 Å². The van der Waals surface area contributed by atoms with Gasteiger partial charge in [0.15, 0.2) is 0 Å². The van der Waals surface area contributed by atoms with Crippen LogP contribution in [0, 0.1) is 0 Å². The molecule has 0 radical (unpaired) electrons. The molecule has 0 spiro atoms. The Kier molecular flexibility index (Phi) is 6.34. The summed E-state index contributed by atoms with van der Waals surface area (Å²) in [4.78, 5) is 0. The van der Waals surface area contributed by atoms with Crippen molar-refractivity contribution in [2.45, 2.75) is 25.9 Å². The van der Waals surface area contributed by atoms with E-state index in [2.05, 4.69) is 30.6 Å². The van der Waals surface area contributed by atoms with E-state index in [0.717, 1.165) is 12.3 Å². The molecule has 0 saturated heterocycles. The van der Waals surface area contributed by atoms with Gasteiger partial charge in [0.05, 0.1) is 7.11 Å². The van der Waals surface area contributed by atoms with Crippen molar-refractivity contribution in [2.24, 2.45) is 0 Å². The Labute approximate surface area is 103 Å². The molecular formula is C13H21NOS. The zero-order valence-electron chi connectivity index (χ0n) is 10.3. The first-order valence-corrected chi connectivity index (χ1v) is 7.01. The van der Waals surface area contributed by atoms with Gasteiger partial charge in [0.1, 0.15) is 5.75 Å². The minimum atomic E-state index is 0.568. The first kappa shape index (κ1) is 13.4. The molecule has 0 bridgehead atoms. The summed E-state index contributed by atoms with van der Waals surface area (Å²) in [5, 5.41) is 3.52. The highest BCUT2D eigenvalue weighted by Gasteiger charge is 2.01. The Morgan fingerprint density at radius 1 is 1.44 bits per heavy atom. The SMILES string of the molecule is COc1cccc(CNC(C)CCSC)c1. The number of rotatable bonds is 7. The zero-order chi connectivity index (χ0) is 11.8. The molecule has 1 unspecified atom stereocenters. The van der Waals surface area contributed by atoms with E-state index in [1.165, 1.54) is 17.7 Å². The van der Waals surface area contributed by atoms with Gasteiger partial charge in [-0.2, -0.15) is 11.8 Å². The second-order valence-electron chi connectivity index (χ2n) is 3.91. The van der Waals surface area contributed by atoms with Crippen molar-refractivity contribution in [3.63, 3.8) is 0 Å². The summed E-state index contributed by atoms with van der Waals surface area (Å²) < 4.78 is 5.20. The molecule has 2 nitrogen and oxygen atoms in total. The summed E-state index contributed by atoms with van der Waals surface area (Å²) in [7, 11) is 1.70. The van der Waals surface area contributed by atoms with Crippen molar-refractivity contribution in [3.8, 4) is 5.75 Å². The number of nitrogens with one attached hydrogen (secondary N) is 1. The smallest absolute Gasteiger partial charge is 0.119 e. The van der Waals surface area contributed by atoms with Gasteiger partial charge in [0.25, 0.3) is 0 Å². The van der Waals surface area contributed by atoms with Gasteiger partial charge in [-0.15, -0.1) is 0 Å². The Balaban J connectivity index is 2.35. The number of ether oxygens (including phenoxy) is 1. The molecule has 3 heteroatoms. The lowest BCUT2D eigenvalue weighted by Gasteiger charge is -2.13. The molecule has 0 heterocycles. The van der Waals surface area contributed by atoms with E-state index < -0.39 is 0 Å². The second kappa shape index (κ2) is 7.58. The molecule has 16 heavy (non-hydrogen) atoms. The summed E-state index contributed by atoms with van der Waals surface area (Å²) in [5.74, 6) is 2.14. The highest BCUT2D eigenvalue weighted by molar-refractivity contribution is 7.98. The van der Waals surface area contributed by atoms with Crippen LogP contribution in [-0.4, -0.2) is 25.2 Å². The van der Waals surface area contributed by atoms with Crippen LogP contribution in [0.15, 0.2) is 24.3 Å². The van der Waals surface area contributed by atoms with Gasteiger partial charge in [-0.25, -0.2) is 0 Å². The van der Waals surface area contributed by atoms with Crippen LogP contribution in [0.3, 0.4) is 0 Å². The van der Waals surface area contributed by atoms with Crippen molar-refractivity contribution >= 4 is 11.8 Å². The fourth-order valence-electron chi connectivity index (χ4n) is 1.47. The van der Waals surface area contributed by atoms with Crippen LogP contribution in [0.5, 0.6) is 5.75 Å². The minimum absolute atomic E-state index is 0.568. The second-order valence-corrected chi connectivity index (χ2v) is 4.90. The molecule has 1 N–H and O–H groups in total. The average Bonchev–Trinajstić information content (AvgIpc) is 2.34. The normalized spacial score (nSPS) is 12.4. The standard InChI is InChI=1S/C13H21NOS/c1-11(7-8-16-3)14-10-12-5-4-6-13(9-12)15-2/h4-6,9,11,14H,7-8,10H2,1-3H3. The van der Waals surface area contributed by atoms with Crippen molar-refractivity contribution in [3.05, 3.63) is 29.8 Å². The summed E-state index contributed by atoms with van der Waals surface area (Å²) >= 11 is 1.90. The molecular weight excluding hydrogens is 218 g/mol. The highest BCUT2D eigenvalue weighted by Crippen LogP contribution is 2.12. The van der Waals surface area contributed by atoms with Crippen LogP contribution >= 0.6 is 11.8 Å². The van der Waals surface area contributed by atoms with Crippen LogP contribution in [-0.2, 0) is 6.54 Å². The Morgan fingerprint density at radius 2 is 2.25 bits per heavy atom. The first-order chi connectivity index (χ1) is 7.76. The van der Waals surface area contributed by atoms with Gasteiger partial charge in [-0.3, -0.25) is 0 Å². The molecule has 0 aromatic heterocycles. The van der Waals surface area contributed by atoms with Gasteiger partial charge < -0.3 is 10.1 Å². The third-order valence-electron chi connectivity index (χ3n) is 2.54. The van der Waals surface area contributed by atoms with Gasteiger partial charge >= 0.3 is 0 Å². The van der Waals surface area contributed by atoms with Gasteiger partial charge in [-0.05, 0) is 43.0 Å². The van der Waals surface area contributed by atoms with E-state index in [4.69, 9.17) is 4.74 Å². The lowest BCUT2D eigenvalue weighted by molar-refractivity contribution is 0.413. The monoisotopic (exact) mass is 239 g/mol. The lowest BCUT2D eigenvalue weighted by atomic mass is 10.2. The van der Waals surface area contributed by atoms with Crippen LogP contribution in [0.25, 0.3) is 0 Å². The Bertz CT molecular complexity index is 304. The third-order valence-corrected chi connectivity index (χ3v) is 3.19. The summed E-state index contributed by atoms with van der Waals surface area (Å²) in [5.41, 5.74) is 1.27. The van der Waals surface area contributed by atoms with Crippen LogP contribution in [0.4, 0.5) is 0 Å². The number of hydrogen-bond acceptors (Lipinski definition) is 3. The number of methoxy groups -OCH3 is 1. The van der Waals surface area contributed by atoms with Crippen LogP contribution < -0.4 is 10.1 Å². The minimum Gasteiger partial charge on any atom is -0.497 e. The molecule has 0 aliphatic carbocycles. The van der Waals surface area contributed by atoms with Crippen LogP contribution in [0.1, 0.15) is 18.9 Å². The van der Waals surface area contributed by atoms with E-state index in [0.29, 0.717) is 6.04 Å². The van der Waals surface area contributed by atoms with E-state index in [-0.39, 0.29) is 0 Å². The van der Waals surface area contributed by atoms with Crippen LogP contribution in [0.2, 0.25) is 0 Å². The van der Waals surface area contributed by atoms with E-state index >= 15 is 0 Å². The molecule has 1 aromatic carbocycles. The lowest BCUT2D eigenvalue weighted by Crippen LogP contribution is -2.25. The maximum Gasteiger partial charge on any atom is 0.119 e. The summed E-state index contributed by atoms with van der Waals surface area (Å²) in [6.45, 7) is 3.14. The number of benzene rings is 1. The molecule has 1 rings (SSSR count). The van der Waals surface area contributed by atoms with Gasteiger partial charge in [0, 0.05) is 12.6 Å². The molecule has 90 valence electrons. The molecule has 0 aliphatic heterocycles. The van der Waals surface area contributed by atoms with E-state index in [1.807, 2.05) is 23.9 Å². The fourth-order valence-corrected chi connectivity index (χ4v) is 2.06. The number of thioether (sulfide) groups is 1. The molecule has 1 atom stereocenters.